The van der Waals surface area contributed by atoms with Crippen LogP contribution in [0.4, 0.5) is 62.3 Å². The number of unbranched alkanes of at least 4 members (excludes halogenated alkanes) is 2. The van der Waals surface area contributed by atoms with E-state index in [1.165, 1.54) is 32.6 Å². The number of anilines is 2. The van der Waals surface area contributed by atoms with Gasteiger partial charge < -0.3 is 9.80 Å². The summed E-state index contributed by atoms with van der Waals surface area (Å²) in [6.45, 7) is 9.79. The minimum Gasteiger partial charge on any atom is 2.00 e. The monoisotopic (exact) mass is 845 g/mol. The molecule has 4 rings (SSSR count). The second-order valence-electron chi connectivity index (χ2n) is 9.39. The van der Waals surface area contributed by atoms with Crippen LogP contribution in [0.15, 0.2) is 61.7 Å². The van der Waals surface area contributed by atoms with Crippen molar-refractivity contribution in [2.75, 3.05) is 36.2 Å². The Bertz CT molecular complexity index is 1180. The zero-order valence-electron chi connectivity index (χ0n) is 25.7. The maximum absolute atomic E-state index is 10.7. The summed E-state index contributed by atoms with van der Waals surface area (Å²) in [4.78, 5) is 25.5. The molecule has 0 aliphatic carbocycles. The van der Waals surface area contributed by atoms with E-state index >= 15 is 0 Å². The quantitative estimate of drug-likeness (QED) is 0.146. The number of hydrogen-bond donors (Lipinski definition) is 0. The third-order valence-electron chi connectivity index (χ3n) is 4.80. The maximum Gasteiger partial charge on any atom is 2.00 e. The second kappa shape index (κ2) is 17.6. The number of nitrogens with zero attached hydrogens (tertiary/aromatic N) is 9. The number of hydrogen-bond acceptors (Lipinski definition) is 9. The summed E-state index contributed by atoms with van der Waals surface area (Å²) in [6.07, 6.45) is 20.3. The molecule has 2 aromatic rings. The van der Waals surface area contributed by atoms with Crippen molar-refractivity contribution in [3.8, 4) is 6.07 Å². The predicted molar refractivity (Wildman–Crippen MR) is 159 cm³/mol. The Balaban J connectivity index is 0. The van der Waals surface area contributed by atoms with Crippen molar-refractivity contribution in [3.05, 3.63) is 61.7 Å². The molecule has 0 bridgehead atoms. The fourth-order valence-electron chi connectivity index (χ4n) is 3.08. The van der Waals surface area contributed by atoms with Gasteiger partial charge >= 0.3 is 86.4 Å². The SMILES string of the molecule is CC#N.CCCCN1C=CN(c2ncccn2)C1.CCCCN1C=CN(c2ncccn2)C1.F[P-](F)(F)(F)(F)F.F[P-](F)(F)(F)(F)F.[Pd+2]. The molecule has 0 N–H and O–H groups in total. The molecule has 4 heterocycles. The molecular weight excluding hydrogens is 811 g/mol. The van der Waals surface area contributed by atoms with Crippen molar-refractivity contribution in [2.24, 2.45) is 0 Å². The van der Waals surface area contributed by atoms with Gasteiger partial charge in [-0.05, 0) is 25.0 Å². The first-order valence-electron chi connectivity index (χ1n) is 13.5. The summed E-state index contributed by atoms with van der Waals surface area (Å²) in [6, 6.07) is 5.41. The Morgan fingerprint density at radius 3 is 1.08 bits per heavy atom. The van der Waals surface area contributed by atoms with Crippen LogP contribution in [-0.2, 0) is 20.4 Å². The van der Waals surface area contributed by atoms with Crippen molar-refractivity contribution in [1.82, 2.24) is 29.7 Å². The fraction of sp³-hybridized carbons (Fsp3) is 0.458. The molecule has 24 heteroatoms. The van der Waals surface area contributed by atoms with Crippen molar-refractivity contribution >= 4 is 27.5 Å². The molecule has 9 nitrogen and oxygen atoms in total. The molecule has 2 aliphatic rings. The van der Waals surface area contributed by atoms with E-state index in [0.717, 1.165) is 38.3 Å². The predicted octanol–water partition coefficient (Wildman–Crippen LogP) is 10.9. The molecule has 2 aliphatic heterocycles. The van der Waals surface area contributed by atoms with Gasteiger partial charge in [0.1, 0.15) is 0 Å². The molecular formula is C24H35F12N9P2Pd. The first kappa shape index (κ1) is 47.1. The maximum atomic E-state index is 9.87. The molecule has 280 valence electrons. The van der Waals surface area contributed by atoms with Gasteiger partial charge in [0.2, 0.25) is 11.9 Å². The van der Waals surface area contributed by atoms with Gasteiger partial charge in [-0.2, -0.15) is 5.26 Å². The molecule has 0 atom stereocenters. The zero-order valence-corrected chi connectivity index (χ0v) is 29.0. The number of halogens is 12. The van der Waals surface area contributed by atoms with E-state index < -0.39 is 15.6 Å². The van der Waals surface area contributed by atoms with Crippen molar-refractivity contribution in [3.63, 3.8) is 0 Å². The van der Waals surface area contributed by atoms with Gasteiger partial charge in [0.15, 0.2) is 0 Å². The zero-order chi connectivity index (χ0) is 36.5. The van der Waals surface area contributed by atoms with Crippen LogP contribution in [0.25, 0.3) is 0 Å². The summed E-state index contributed by atoms with van der Waals surface area (Å²) in [5.74, 6) is 1.54. The molecule has 0 spiro atoms. The van der Waals surface area contributed by atoms with E-state index in [-0.39, 0.29) is 20.4 Å². The van der Waals surface area contributed by atoms with Crippen LogP contribution in [-0.4, -0.2) is 56.2 Å². The Morgan fingerprint density at radius 1 is 0.604 bits per heavy atom. The van der Waals surface area contributed by atoms with Gasteiger partial charge in [0.25, 0.3) is 0 Å². The van der Waals surface area contributed by atoms with E-state index in [0.29, 0.717) is 0 Å². The van der Waals surface area contributed by atoms with Gasteiger partial charge in [-0.15, -0.1) is 0 Å². The van der Waals surface area contributed by atoms with E-state index in [4.69, 9.17) is 5.26 Å². The van der Waals surface area contributed by atoms with E-state index in [9.17, 15) is 50.4 Å². The van der Waals surface area contributed by atoms with Crippen LogP contribution >= 0.6 is 15.6 Å². The largest absolute Gasteiger partial charge is 2.00 e. The molecule has 0 fully saturated rings. The fourth-order valence-corrected chi connectivity index (χ4v) is 3.08. The molecule has 0 amide bonds. The topological polar surface area (TPSA) is 88.3 Å². The Morgan fingerprint density at radius 2 is 0.854 bits per heavy atom. The van der Waals surface area contributed by atoms with Crippen molar-refractivity contribution in [2.45, 2.75) is 46.5 Å². The number of nitriles is 1. The first-order valence-corrected chi connectivity index (χ1v) is 17.5. The van der Waals surface area contributed by atoms with Gasteiger partial charge in [-0.25, -0.2) is 19.9 Å². The van der Waals surface area contributed by atoms with Gasteiger partial charge in [0, 0.05) is 69.6 Å². The van der Waals surface area contributed by atoms with Crippen LogP contribution in [0.2, 0.25) is 0 Å². The third kappa shape index (κ3) is 34.3. The molecule has 0 radical (unpaired) electrons. The van der Waals surface area contributed by atoms with Gasteiger partial charge in [-0.1, -0.05) is 26.7 Å². The summed E-state index contributed by atoms with van der Waals surface area (Å²) >= 11 is 0. The van der Waals surface area contributed by atoms with Crippen LogP contribution in [0.3, 0.4) is 0 Å². The van der Waals surface area contributed by atoms with Crippen molar-refractivity contribution in [1.29, 1.82) is 5.26 Å². The smallest absolute Gasteiger partial charge is 2.00 e. The van der Waals surface area contributed by atoms with Crippen LogP contribution in [0.1, 0.15) is 46.5 Å². The van der Waals surface area contributed by atoms with E-state index in [2.05, 4.69) is 65.8 Å². The summed E-state index contributed by atoms with van der Waals surface area (Å²) < 4.78 is 118. The number of aromatic nitrogens is 4. The summed E-state index contributed by atoms with van der Waals surface area (Å²) in [5, 5.41) is 7.32. The van der Waals surface area contributed by atoms with Gasteiger partial charge in [0.05, 0.1) is 19.4 Å². The van der Waals surface area contributed by atoms with Crippen molar-refractivity contribution < 1.29 is 70.8 Å². The van der Waals surface area contributed by atoms with Crippen LogP contribution < -0.4 is 9.80 Å². The Kier molecular flexibility index (Phi) is 17.3. The van der Waals surface area contributed by atoms with E-state index in [1.54, 1.807) is 30.9 Å². The molecule has 0 saturated carbocycles. The molecule has 48 heavy (non-hydrogen) atoms. The minimum atomic E-state index is -10.7. The second-order valence-corrected chi connectivity index (χ2v) is 13.2. The number of rotatable bonds is 8. The summed E-state index contributed by atoms with van der Waals surface area (Å²) in [5.41, 5.74) is 0. The first-order chi connectivity index (χ1) is 21.1. The standard InChI is InChI=1S/2C11H16N4.C2H3N.2F6P.Pd/c2*1-2-3-7-14-8-9-15(10-14)11-12-5-4-6-13-11;1-2-3;2*1-7(2,3,4,5)6;/h2*4-6,8-9H,2-3,7,10H2,1H3;1H3;;;/q;;;2*-1;+2. The molecule has 0 aromatic carbocycles. The minimum absolute atomic E-state index is 0. The summed E-state index contributed by atoms with van der Waals surface area (Å²) in [7, 11) is -21.3. The van der Waals surface area contributed by atoms with Crippen LogP contribution in [0, 0.1) is 11.3 Å². The third-order valence-corrected chi connectivity index (χ3v) is 4.80. The Hall–Kier alpha value is -2.99. The van der Waals surface area contributed by atoms with Crippen LogP contribution in [0.5, 0.6) is 0 Å². The average Bonchev–Trinajstić information content (AvgIpc) is 3.59. The van der Waals surface area contributed by atoms with E-state index in [1.807, 2.05) is 24.5 Å². The average molecular weight is 846 g/mol. The Labute approximate surface area is 283 Å². The van der Waals surface area contributed by atoms with Gasteiger partial charge in [-0.3, -0.25) is 9.80 Å². The molecule has 2 aromatic heterocycles. The molecule has 0 saturated heterocycles. The normalized spacial score (nSPS) is 16.3. The molecule has 0 unspecified atom stereocenters.